The van der Waals surface area contributed by atoms with Crippen LogP contribution in [0.2, 0.25) is 0 Å². The van der Waals surface area contributed by atoms with Gasteiger partial charge in [0.1, 0.15) is 5.75 Å². The highest BCUT2D eigenvalue weighted by molar-refractivity contribution is 9.10. The van der Waals surface area contributed by atoms with Crippen LogP contribution in [0.1, 0.15) is 43.1 Å². The van der Waals surface area contributed by atoms with Crippen LogP contribution in [0.4, 0.5) is 5.69 Å². The van der Waals surface area contributed by atoms with Gasteiger partial charge < -0.3 is 14.6 Å². The van der Waals surface area contributed by atoms with E-state index < -0.39 is 11.6 Å². The predicted octanol–water partition coefficient (Wildman–Crippen LogP) is 5.68. The van der Waals surface area contributed by atoms with Gasteiger partial charge in [-0.05, 0) is 61.3 Å². The number of ether oxygens (including phenoxy) is 2. The summed E-state index contributed by atoms with van der Waals surface area (Å²) in [6, 6.07) is 21.9. The molecule has 208 valence electrons. The van der Waals surface area contributed by atoms with E-state index in [1.165, 1.54) is 0 Å². The molecule has 1 aliphatic heterocycles. The highest BCUT2D eigenvalue weighted by Gasteiger charge is 2.54. The molecular formula is C29H31BrN6O4. The third kappa shape index (κ3) is 6.81. The predicted molar refractivity (Wildman–Crippen MR) is 156 cm³/mol. The Bertz CT molecular complexity index is 1390. The molecule has 40 heavy (non-hydrogen) atoms. The van der Waals surface area contributed by atoms with E-state index >= 15 is 0 Å². The van der Waals surface area contributed by atoms with Crippen molar-refractivity contribution in [2.45, 2.75) is 44.4 Å². The van der Waals surface area contributed by atoms with Gasteiger partial charge >= 0.3 is 0 Å². The molecular weight excluding hydrogens is 576 g/mol. The standard InChI is InChI=1S/C29H31BrN6O4/c1-19(2)33-35-28(38)29(18-20-8-12-22(30)13-9-20)26(24-6-3-4-7-25(24)34-36-31)40-27(32-29)21-10-14-23(15-11-21)39-17-5-16-37/h3-4,6-15,19,26,33,37H,5,16-18H2,1-2H3,(H,35,38)/t26-,29-/m0/s1. The van der Waals surface area contributed by atoms with Crippen LogP contribution >= 0.6 is 15.9 Å². The third-order valence-electron chi connectivity index (χ3n) is 6.26. The zero-order chi connectivity index (χ0) is 28.5. The lowest BCUT2D eigenvalue weighted by molar-refractivity contribution is -0.130. The fourth-order valence-corrected chi connectivity index (χ4v) is 4.60. The maximum Gasteiger partial charge on any atom is 0.266 e. The molecule has 1 aliphatic rings. The summed E-state index contributed by atoms with van der Waals surface area (Å²) in [5.41, 5.74) is 16.0. The molecule has 1 heterocycles. The number of hydrogen-bond acceptors (Lipinski definition) is 7. The van der Waals surface area contributed by atoms with Gasteiger partial charge in [0.2, 0.25) is 5.90 Å². The maximum absolute atomic E-state index is 14.1. The van der Waals surface area contributed by atoms with Crippen LogP contribution in [0.15, 0.2) is 87.4 Å². The summed E-state index contributed by atoms with van der Waals surface area (Å²) in [5.74, 6) is 0.532. The van der Waals surface area contributed by atoms with Crippen molar-refractivity contribution in [3.05, 3.63) is 104 Å². The van der Waals surface area contributed by atoms with Gasteiger partial charge in [0, 0.05) is 51.7 Å². The SMILES string of the molecule is CC(C)NNC(=O)[C@@]1(Cc2ccc(Br)cc2)N=C(c2ccc(OCCCO)cc2)O[C@H]1c1ccccc1N=[N+]=[N-]. The summed E-state index contributed by atoms with van der Waals surface area (Å²) in [4.78, 5) is 22.0. The first kappa shape index (κ1) is 29.1. The van der Waals surface area contributed by atoms with Crippen LogP contribution in [0.3, 0.4) is 0 Å². The summed E-state index contributed by atoms with van der Waals surface area (Å²) in [7, 11) is 0. The Balaban J connectivity index is 1.82. The Morgan fingerprint density at radius 1 is 1.18 bits per heavy atom. The van der Waals surface area contributed by atoms with Crippen molar-refractivity contribution in [2.75, 3.05) is 13.2 Å². The number of nitrogens with zero attached hydrogens (tertiary/aromatic N) is 4. The number of aliphatic hydroxyl groups excluding tert-OH is 1. The van der Waals surface area contributed by atoms with Crippen LogP contribution in [0, 0.1) is 0 Å². The van der Waals surface area contributed by atoms with Crippen LogP contribution in [-0.4, -0.2) is 41.7 Å². The van der Waals surface area contributed by atoms with Gasteiger partial charge in [-0.2, -0.15) is 0 Å². The van der Waals surface area contributed by atoms with Gasteiger partial charge in [-0.3, -0.25) is 10.2 Å². The van der Waals surface area contributed by atoms with Crippen molar-refractivity contribution in [1.29, 1.82) is 0 Å². The molecule has 3 aromatic carbocycles. The Hall–Kier alpha value is -3.89. The van der Waals surface area contributed by atoms with E-state index in [0.717, 1.165) is 10.0 Å². The molecule has 2 atom stereocenters. The molecule has 10 nitrogen and oxygen atoms in total. The number of amides is 1. The van der Waals surface area contributed by atoms with E-state index in [-0.39, 0.29) is 30.9 Å². The number of nitrogens with one attached hydrogen (secondary N) is 2. The zero-order valence-electron chi connectivity index (χ0n) is 22.3. The minimum absolute atomic E-state index is 0.0215. The molecule has 0 fully saturated rings. The fraction of sp³-hybridized carbons (Fsp3) is 0.310. The van der Waals surface area contributed by atoms with Crippen molar-refractivity contribution >= 4 is 33.4 Å². The normalized spacial score (nSPS) is 18.0. The number of aliphatic hydroxyl groups is 1. The molecule has 0 aromatic heterocycles. The van der Waals surface area contributed by atoms with E-state index in [4.69, 9.17) is 19.6 Å². The zero-order valence-corrected chi connectivity index (χ0v) is 23.8. The van der Waals surface area contributed by atoms with Crippen LogP contribution in [-0.2, 0) is 16.0 Å². The number of azide groups is 1. The van der Waals surface area contributed by atoms with E-state index in [2.05, 4.69) is 36.8 Å². The van der Waals surface area contributed by atoms with E-state index in [1.54, 1.807) is 36.4 Å². The summed E-state index contributed by atoms with van der Waals surface area (Å²) >= 11 is 3.47. The van der Waals surface area contributed by atoms with Crippen molar-refractivity contribution in [2.24, 2.45) is 10.1 Å². The largest absolute Gasteiger partial charge is 0.494 e. The molecule has 0 saturated heterocycles. The maximum atomic E-state index is 14.1. The molecule has 3 aromatic rings. The quantitative estimate of drug-likeness (QED) is 0.0799. The van der Waals surface area contributed by atoms with E-state index in [0.29, 0.717) is 35.6 Å². The molecule has 4 rings (SSSR count). The Labute approximate surface area is 241 Å². The van der Waals surface area contributed by atoms with Gasteiger partial charge in [-0.1, -0.05) is 57.4 Å². The summed E-state index contributed by atoms with van der Waals surface area (Å²) < 4.78 is 13.1. The first-order valence-electron chi connectivity index (χ1n) is 12.9. The fourth-order valence-electron chi connectivity index (χ4n) is 4.34. The molecule has 0 aliphatic carbocycles. The number of rotatable bonds is 12. The second-order valence-electron chi connectivity index (χ2n) is 9.59. The van der Waals surface area contributed by atoms with Crippen molar-refractivity contribution in [3.63, 3.8) is 0 Å². The van der Waals surface area contributed by atoms with E-state index in [1.807, 2.05) is 50.2 Å². The van der Waals surface area contributed by atoms with Gasteiger partial charge in [-0.15, -0.1) is 0 Å². The monoisotopic (exact) mass is 606 g/mol. The van der Waals surface area contributed by atoms with Gasteiger partial charge in [0.05, 0.1) is 6.61 Å². The molecule has 1 amide bonds. The number of benzene rings is 3. The Kier molecular flexibility index (Phi) is 9.79. The lowest BCUT2D eigenvalue weighted by Crippen LogP contribution is -2.55. The molecule has 0 spiro atoms. The summed E-state index contributed by atoms with van der Waals surface area (Å²) in [6.07, 6.45) is -0.156. The summed E-state index contributed by atoms with van der Waals surface area (Å²) in [6.45, 7) is 4.28. The van der Waals surface area contributed by atoms with Gasteiger partial charge in [0.15, 0.2) is 11.6 Å². The third-order valence-corrected chi connectivity index (χ3v) is 6.79. The molecule has 0 saturated carbocycles. The lowest BCUT2D eigenvalue weighted by Gasteiger charge is -2.31. The van der Waals surface area contributed by atoms with Crippen molar-refractivity contribution in [3.8, 4) is 5.75 Å². The Morgan fingerprint density at radius 3 is 2.58 bits per heavy atom. The minimum atomic E-state index is -1.44. The number of hydrogen-bond donors (Lipinski definition) is 3. The second-order valence-corrected chi connectivity index (χ2v) is 10.5. The molecule has 0 radical (unpaired) electrons. The first-order chi connectivity index (χ1) is 19.4. The number of carbonyl (C=O) groups is 1. The number of hydrazine groups is 1. The molecule has 0 unspecified atom stereocenters. The smallest absolute Gasteiger partial charge is 0.266 e. The molecule has 11 heteroatoms. The topological polar surface area (TPSA) is 141 Å². The summed E-state index contributed by atoms with van der Waals surface area (Å²) in [5, 5.41) is 12.9. The van der Waals surface area contributed by atoms with Crippen molar-refractivity contribution < 1.29 is 19.4 Å². The number of carbonyl (C=O) groups excluding carboxylic acids is 1. The second kappa shape index (κ2) is 13.5. The number of aliphatic imine (C=N–C) groups is 1. The number of halogens is 1. The average molecular weight is 608 g/mol. The highest BCUT2D eigenvalue weighted by atomic mass is 79.9. The molecule has 3 N–H and O–H groups in total. The first-order valence-corrected chi connectivity index (χ1v) is 13.7. The highest BCUT2D eigenvalue weighted by Crippen LogP contribution is 2.45. The average Bonchev–Trinajstić information content (AvgIpc) is 3.34. The van der Waals surface area contributed by atoms with E-state index in [9.17, 15) is 10.3 Å². The van der Waals surface area contributed by atoms with Crippen LogP contribution in [0.25, 0.3) is 10.4 Å². The van der Waals surface area contributed by atoms with Gasteiger partial charge in [-0.25, -0.2) is 10.4 Å². The van der Waals surface area contributed by atoms with Crippen LogP contribution < -0.4 is 15.6 Å². The van der Waals surface area contributed by atoms with Crippen LogP contribution in [0.5, 0.6) is 5.75 Å². The lowest BCUT2D eigenvalue weighted by atomic mass is 9.81. The van der Waals surface area contributed by atoms with Gasteiger partial charge in [0.25, 0.3) is 5.91 Å². The minimum Gasteiger partial charge on any atom is -0.494 e. The van der Waals surface area contributed by atoms with Crippen molar-refractivity contribution in [1.82, 2.24) is 10.9 Å². The Morgan fingerprint density at radius 2 is 1.90 bits per heavy atom. The molecule has 0 bridgehead atoms.